The van der Waals surface area contributed by atoms with Crippen LogP contribution < -0.4 is 20.1 Å². The third kappa shape index (κ3) is 8.05. The normalized spacial score (nSPS) is 15.1. The third-order valence-corrected chi connectivity index (χ3v) is 6.71. The smallest absolute Gasteiger partial charge is 0.408 e. The maximum atomic E-state index is 12.9. The zero-order valence-electron chi connectivity index (χ0n) is 23.0. The minimum atomic E-state index is -0.988. The van der Waals surface area contributed by atoms with Gasteiger partial charge in [0.15, 0.2) is 0 Å². The number of alkyl carbamates (subject to hydrolysis) is 1. The molecule has 3 aromatic rings. The molecule has 0 unspecified atom stereocenters. The van der Waals surface area contributed by atoms with E-state index < -0.39 is 29.8 Å². The number of carbonyl (C=O) groups is 3. The lowest BCUT2D eigenvalue weighted by atomic mass is 10.0. The molecule has 0 saturated heterocycles. The van der Waals surface area contributed by atoms with Gasteiger partial charge in [-0.25, -0.2) is 9.59 Å². The minimum Gasteiger partial charge on any atom is -0.489 e. The Kier molecular flexibility index (Phi) is 9.30. The van der Waals surface area contributed by atoms with Crippen molar-refractivity contribution in [3.05, 3.63) is 87.4 Å². The standard InChI is InChI=1S/C30H30Cl2N2O7/c1-30(2,3)41-29(37)34-24(28(36)38-4)15-17-6-12-25-23(14-17)33-27(35)26(40-25)19-7-9-20(10-8-19)39-16-18-5-11-21(31)22(32)13-18/h5-14,24,26H,15-16H2,1-4H3,(H,33,35)(H,34,37)/t24-,26-/m0/s1. The first-order valence-electron chi connectivity index (χ1n) is 12.8. The van der Waals surface area contributed by atoms with Gasteiger partial charge in [0.2, 0.25) is 6.10 Å². The van der Waals surface area contributed by atoms with Gasteiger partial charge >= 0.3 is 12.1 Å². The summed E-state index contributed by atoms with van der Waals surface area (Å²) in [5.41, 5.74) is 1.90. The van der Waals surface area contributed by atoms with Crippen molar-refractivity contribution < 1.29 is 33.3 Å². The number of hydrogen-bond donors (Lipinski definition) is 2. The molecule has 4 rings (SSSR count). The first-order valence-corrected chi connectivity index (χ1v) is 13.5. The molecule has 2 amide bonds. The van der Waals surface area contributed by atoms with Gasteiger partial charge in [0.05, 0.1) is 22.8 Å². The monoisotopic (exact) mass is 600 g/mol. The Morgan fingerprint density at radius 3 is 2.37 bits per heavy atom. The number of fused-ring (bicyclic) bond motifs is 1. The number of rotatable bonds is 8. The first-order chi connectivity index (χ1) is 19.4. The molecule has 0 fully saturated rings. The van der Waals surface area contributed by atoms with Gasteiger partial charge in [0, 0.05) is 12.0 Å². The van der Waals surface area contributed by atoms with E-state index in [9.17, 15) is 14.4 Å². The number of nitrogens with one attached hydrogen (secondary N) is 2. The third-order valence-electron chi connectivity index (χ3n) is 5.97. The van der Waals surface area contributed by atoms with Crippen LogP contribution in [0.4, 0.5) is 10.5 Å². The minimum absolute atomic E-state index is 0.113. The van der Waals surface area contributed by atoms with E-state index in [2.05, 4.69) is 10.6 Å². The maximum Gasteiger partial charge on any atom is 0.408 e. The second-order valence-corrected chi connectivity index (χ2v) is 11.2. The molecule has 216 valence electrons. The fraction of sp³-hybridized carbons (Fsp3) is 0.300. The SMILES string of the molecule is COC(=O)[C@H](Cc1ccc2c(c1)NC(=O)[C@H](c1ccc(OCc3ccc(Cl)c(Cl)c3)cc1)O2)NC(=O)OC(C)(C)C. The average molecular weight is 601 g/mol. The molecule has 2 N–H and O–H groups in total. The lowest BCUT2D eigenvalue weighted by molar-refractivity contribution is -0.143. The van der Waals surface area contributed by atoms with Crippen LogP contribution in [0.5, 0.6) is 11.5 Å². The van der Waals surface area contributed by atoms with Crippen LogP contribution in [0.1, 0.15) is 43.6 Å². The van der Waals surface area contributed by atoms with Crippen molar-refractivity contribution in [1.82, 2.24) is 5.32 Å². The van der Waals surface area contributed by atoms with Crippen LogP contribution in [0.2, 0.25) is 10.0 Å². The highest BCUT2D eigenvalue weighted by Gasteiger charge is 2.30. The van der Waals surface area contributed by atoms with Crippen molar-refractivity contribution in [1.29, 1.82) is 0 Å². The van der Waals surface area contributed by atoms with E-state index in [0.29, 0.717) is 45.0 Å². The number of halogens is 2. The lowest BCUT2D eigenvalue weighted by Crippen LogP contribution is -2.45. The predicted molar refractivity (Wildman–Crippen MR) is 155 cm³/mol. The summed E-state index contributed by atoms with van der Waals surface area (Å²) in [6.07, 6.45) is -1.49. The molecule has 41 heavy (non-hydrogen) atoms. The van der Waals surface area contributed by atoms with Crippen molar-refractivity contribution >= 4 is 46.9 Å². The second kappa shape index (κ2) is 12.7. The van der Waals surface area contributed by atoms with Gasteiger partial charge in [-0.1, -0.05) is 47.5 Å². The summed E-state index contributed by atoms with van der Waals surface area (Å²) >= 11 is 12.0. The number of methoxy groups -OCH3 is 1. The molecule has 0 aromatic heterocycles. The molecule has 9 nitrogen and oxygen atoms in total. The molecule has 2 atom stereocenters. The molecule has 0 bridgehead atoms. The summed E-state index contributed by atoms with van der Waals surface area (Å²) in [6, 6.07) is 16.5. The van der Waals surface area contributed by atoms with Crippen LogP contribution in [-0.2, 0) is 32.1 Å². The van der Waals surface area contributed by atoms with E-state index >= 15 is 0 Å². The Labute approximate surface area is 248 Å². The molecule has 11 heteroatoms. The highest BCUT2D eigenvalue weighted by atomic mass is 35.5. The molecular formula is C30H30Cl2N2O7. The summed E-state index contributed by atoms with van der Waals surface area (Å²) < 4.78 is 21.9. The molecular weight excluding hydrogens is 571 g/mol. The van der Waals surface area contributed by atoms with E-state index in [4.69, 9.17) is 42.1 Å². The van der Waals surface area contributed by atoms with E-state index in [1.54, 1.807) is 75.4 Å². The van der Waals surface area contributed by atoms with Crippen LogP contribution in [0.15, 0.2) is 60.7 Å². The molecule has 1 aliphatic rings. The van der Waals surface area contributed by atoms with Gasteiger partial charge in [-0.15, -0.1) is 0 Å². The maximum absolute atomic E-state index is 12.9. The number of ether oxygens (including phenoxy) is 4. The summed E-state index contributed by atoms with van der Waals surface area (Å²) in [5, 5.41) is 6.33. The number of hydrogen-bond acceptors (Lipinski definition) is 7. The largest absolute Gasteiger partial charge is 0.489 e. The molecule has 1 heterocycles. The van der Waals surface area contributed by atoms with Crippen molar-refractivity contribution in [2.24, 2.45) is 0 Å². The fourth-order valence-electron chi connectivity index (χ4n) is 4.06. The molecule has 0 aliphatic carbocycles. The lowest BCUT2D eigenvalue weighted by Gasteiger charge is -2.27. The van der Waals surface area contributed by atoms with Gasteiger partial charge in [-0.2, -0.15) is 0 Å². The highest BCUT2D eigenvalue weighted by Crippen LogP contribution is 2.36. The van der Waals surface area contributed by atoms with Crippen molar-refractivity contribution in [2.45, 2.75) is 51.5 Å². The van der Waals surface area contributed by atoms with Crippen LogP contribution in [0, 0.1) is 0 Å². The molecule has 0 spiro atoms. The van der Waals surface area contributed by atoms with Crippen LogP contribution in [-0.4, -0.2) is 36.7 Å². The topological polar surface area (TPSA) is 112 Å². The summed E-state index contributed by atoms with van der Waals surface area (Å²) in [4.78, 5) is 37.5. The van der Waals surface area contributed by atoms with Crippen LogP contribution in [0.25, 0.3) is 0 Å². The van der Waals surface area contributed by atoms with Crippen LogP contribution >= 0.6 is 23.2 Å². The zero-order chi connectivity index (χ0) is 29.7. The molecule has 3 aromatic carbocycles. The van der Waals surface area contributed by atoms with Gasteiger partial charge < -0.3 is 29.6 Å². The number of anilines is 1. The van der Waals surface area contributed by atoms with Gasteiger partial charge in [0.1, 0.15) is 29.7 Å². The van der Waals surface area contributed by atoms with Gasteiger partial charge in [-0.05, 0) is 68.3 Å². The number of benzene rings is 3. The Morgan fingerprint density at radius 1 is 1.00 bits per heavy atom. The Hall–Kier alpha value is -3.95. The molecule has 0 radical (unpaired) electrons. The summed E-state index contributed by atoms with van der Waals surface area (Å²) in [6.45, 7) is 5.47. The van der Waals surface area contributed by atoms with Crippen molar-refractivity contribution in [2.75, 3.05) is 12.4 Å². The number of carbonyl (C=O) groups excluding carboxylic acids is 3. The van der Waals surface area contributed by atoms with Gasteiger partial charge in [0.25, 0.3) is 5.91 Å². The Balaban J connectivity index is 1.40. The number of amides is 2. The Bertz CT molecular complexity index is 1440. The fourth-order valence-corrected chi connectivity index (χ4v) is 4.38. The van der Waals surface area contributed by atoms with E-state index in [1.807, 2.05) is 6.07 Å². The number of esters is 1. The highest BCUT2D eigenvalue weighted by molar-refractivity contribution is 6.42. The second-order valence-electron chi connectivity index (χ2n) is 10.3. The quantitative estimate of drug-likeness (QED) is 0.294. The van der Waals surface area contributed by atoms with Crippen molar-refractivity contribution in [3.8, 4) is 11.5 Å². The van der Waals surface area contributed by atoms with Crippen molar-refractivity contribution in [3.63, 3.8) is 0 Å². The van der Waals surface area contributed by atoms with E-state index in [0.717, 1.165) is 5.56 Å². The Morgan fingerprint density at radius 2 is 1.71 bits per heavy atom. The van der Waals surface area contributed by atoms with E-state index in [1.165, 1.54) is 7.11 Å². The molecule has 1 aliphatic heterocycles. The molecule has 0 saturated carbocycles. The van der Waals surface area contributed by atoms with Gasteiger partial charge in [-0.3, -0.25) is 4.79 Å². The predicted octanol–water partition coefficient (Wildman–Crippen LogP) is 6.25. The van der Waals surface area contributed by atoms with E-state index in [-0.39, 0.29) is 12.3 Å². The zero-order valence-corrected chi connectivity index (χ0v) is 24.5. The summed E-state index contributed by atoms with van der Waals surface area (Å²) in [7, 11) is 1.24. The van der Waals surface area contributed by atoms with Crippen LogP contribution in [0.3, 0.4) is 0 Å². The first kappa shape index (κ1) is 30.0. The summed E-state index contributed by atoms with van der Waals surface area (Å²) in [5.74, 6) is 0.100. The average Bonchev–Trinajstić information content (AvgIpc) is 2.92.